The Labute approximate surface area is 237 Å². The molecule has 1 amide bonds. The van der Waals surface area contributed by atoms with Gasteiger partial charge in [-0.3, -0.25) is 14.2 Å². The van der Waals surface area contributed by atoms with E-state index in [0.717, 1.165) is 11.1 Å². The Hall–Kier alpha value is -3.57. The van der Waals surface area contributed by atoms with E-state index < -0.39 is 26.0 Å². The van der Waals surface area contributed by atoms with Gasteiger partial charge in [0.2, 0.25) is 0 Å². The lowest BCUT2D eigenvalue weighted by atomic mass is 10.1. The van der Waals surface area contributed by atoms with Gasteiger partial charge < -0.3 is 5.32 Å². The van der Waals surface area contributed by atoms with Crippen molar-refractivity contribution < 1.29 is 21.6 Å². The van der Waals surface area contributed by atoms with Gasteiger partial charge in [-0.2, -0.15) is 0 Å². The van der Waals surface area contributed by atoms with Crippen molar-refractivity contribution in [2.24, 2.45) is 0 Å². The van der Waals surface area contributed by atoms with Crippen molar-refractivity contribution in [3.05, 3.63) is 112 Å². The lowest BCUT2D eigenvalue weighted by Crippen LogP contribution is -2.17. The van der Waals surface area contributed by atoms with E-state index in [9.17, 15) is 21.6 Å². The molecule has 0 aliphatic rings. The van der Waals surface area contributed by atoms with E-state index in [1.54, 1.807) is 37.3 Å². The van der Waals surface area contributed by atoms with Crippen LogP contribution in [0.3, 0.4) is 0 Å². The van der Waals surface area contributed by atoms with E-state index in [-0.39, 0.29) is 31.1 Å². The van der Waals surface area contributed by atoms with E-state index in [4.69, 9.17) is 23.2 Å². The highest BCUT2D eigenvalue weighted by atomic mass is 35.5. The molecular weight excluding hydrogens is 581 g/mol. The van der Waals surface area contributed by atoms with Crippen LogP contribution < -0.4 is 14.8 Å². The molecule has 4 rings (SSSR count). The minimum atomic E-state index is -4.11. The van der Waals surface area contributed by atoms with Gasteiger partial charge in [0.05, 0.1) is 26.3 Å². The van der Waals surface area contributed by atoms with E-state index in [1.165, 1.54) is 48.5 Å². The SMILES string of the molecule is Cc1ccc(C)c(NS(=O)(=O)c2cc(C(=O)Nc3ccc(S(=O)(=O)Nc4ccccc4Cl)cc3)ccc2Cl)c1. The Morgan fingerprint density at radius 3 is 2.05 bits per heavy atom. The summed E-state index contributed by atoms with van der Waals surface area (Å²) in [5, 5.41) is 2.82. The molecule has 202 valence electrons. The fourth-order valence-corrected chi connectivity index (χ4v) is 6.53. The zero-order chi connectivity index (χ0) is 28.4. The second-order valence-corrected chi connectivity index (χ2v) is 12.8. The van der Waals surface area contributed by atoms with Crippen LogP contribution in [-0.2, 0) is 20.0 Å². The summed E-state index contributed by atoms with van der Waals surface area (Å²) in [6.45, 7) is 3.61. The Morgan fingerprint density at radius 1 is 0.692 bits per heavy atom. The van der Waals surface area contributed by atoms with Crippen molar-refractivity contribution in [3.8, 4) is 0 Å². The predicted octanol–water partition coefficient (Wildman–Crippen LogP) is 6.46. The summed E-state index contributed by atoms with van der Waals surface area (Å²) in [4.78, 5) is 12.6. The number of para-hydroxylation sites is 1. The number of carbonyl (C=O) groups is 1. The topological polar surface area (TPSA) is 121 Å². The molecule has 4 aromatic carbocycles. The third-order valence-electron chi connectivity index (χ3n) is 5.66. The smallest absolute Gasteiger partial charge is 0.263 e. The molecule has 0 aliphatic heterocycles. The van der Waals surface area contributed by atoms with Gasteiger partial charge >= 0.3 is 0 Å². The fraction of sp³-hybridized carbons (Fsp3) is 0.0741. The minimum Gasteiger partial charge on any atom is -0.322 e. The number of halogens is 2. The minimum absolute atomic E-state index is 0.0397. The zero-order valence-electron chi connectivity index (χ0n) is 20.7. The second-order valence-electron chi connectivity index (χ2n) is 8.63. The van der Waals surface area contributed by atoms with Gasteiger partial charge in [0, 0.05) is 11.3 Å². The van der Waals surface area contributed by atoms with E-state index >= 15 is 0 Å². The number of nitrogens with one attached hydrogen (secondary N) is 3. The summed E-state index contributed by atoms with van der Waals surface area (Å²) < 4.78 is 56.6. The summed E-state index contributed by atoms with van der Waals surface area (Å²) in [6, 6.07) is 21.1. The number of hydrogen-bond donors (Lipinski definition) is 3. The molecule has 39 heavy (non-hydrogen) atoms. The Bertz CT molecular complexity index is 1780. The summed E-state index contributed by atoms with van der Waals surface area (Å²) in [5.41, 5.74) is 2.57. The highest BCUT2D eigenvalue weighted by Gasteiger charge is 2.22. The number of rotatable bonds is 8. The maximum Gasteiger partial charge on any atom is 0.263 e. The van der Waals surface area contributed by atoms with E-state index in [0.29, 0.717) is 11.4 Å². The average Bonchev–Trinajstić information content (AvgIpc) is 2.88. The van der Waals surface area contributed by atoms with Gasteiger partial charge in [-0.05, 0) is 85.6 Å². The van der Waals surface area contributed by atoms with Crippen LogP contribution >= 0.6 is 23.2 Å². The van der Waals surface area contributed by atoms with Gasteiger partial charge in [-0.1, -0.05) is 47.5 Å². The molecule has 0 aromatic heterocycles. The fourth-order valence-electron chi connectivity index (χ4n) is 3.56. The maximum absolute atomic E-state index is 13.1. The molecule has 8 nitrogen and oxygen atoms in total. The van der Waals surface area contributed by atoms with Crippen LogP contribution in [0.5, 0.6) is 0 Å². The first kappa shape index (κ1) is 28.4. The molecular formula is C27H23Cl2N3O5S2. The zero-order valence-corrected chi connectivity index (χ0v) is 23.8. The monoisotopic (exact) mass is 603 g/mol. The molecule has 0 heterocycles. The third kappa shape index (κ3) is 6.72. The lowest BCUT2D eigenvalue weighted by Gasteiger charge is -2.14. The summed E-state index contributed by atoms with van der Waals surface area (Å²) in [5.74, 6) is -0.611. The molecule has 12 heteroatoms. The van der Waals surface area contributed by atoms with Gasteiger partial charge in [-0.25, -0.2) is 16.8 Å². The van der Waals surface area contributed by atoms with Crippen molar-refractivity contribution in [2.45, 2.75) is 23.6 Å². The molecule has 0 fully saturated rings. The Morgan fingerprint density at radius 2 is 1.36 bits per heavy atom. The number of carbonyl (C=O) groups excluding carboxylic acids is 1. The molecule has 0 spiro atoms. The van der Waals surface area contributed by atoms with E-state index in [1.807, 2.05) is 13.0 Å². The molecule has 0 unspecified atom stereocenters. The normalized spacial score (nSPS) is 11.6. The highest BCUT2D eigenvalue weighted by molar-refractivity contribution is 7.93. The van der Waals surface area contributed by atoms with E-state index in [2.05, 4.69) is 14.8 Å². The van der Waals surface area contributed by atoms with Gasteiger partial charge in [0.25, 0.3) is 26.0 Å². The van der Waals surface area contributed by atoms with Crippen LogP contribution in [0.15, 0.2) is 94.7 Å². The van der Waals surface area contributed by atoms with Crippen molar-refractivity contribution >= 4 is 66.2 Å². The molecule has 4 aromatic rings. The Balaban J connectivity index is 1.52. The predicted molar refractivity (Wildman–Crippen MR) is 155 cm³/mol. The third-order valence-corrected chi connectivity index (χ3v) is 9.22. The first-order valence-corrected chi connectivity index (χ1v) is 15.2. The number of amides is 1. The van der Waals surface area contributed by atoms with Crippen LogP contribution in [0.4, 0.5) is 17.1 Å². The highest BCUT2D eigenvalue weighted by Crippen LogP contribution is 2.28. The molecule has 0 radical (unpaired) electrons. The lowest BCUT2D eigenvalue weighted by molar-refractivity contribution is 0.102. The first-order valence-electron chi connectivity index (χ1n) is 11.4. The second kappa shape index (κ2) is 11.3. The van der Waals surface area contributed by atoms with Crippen LogP contribution in [0, 0.1) is 13.8 Å². The number of anilines is 3. The first-order chi connectivity index (χ1) is 18.4. The molecule has 0 aliphatic carbocycles. The number of benzene rings is 4. The van der Waals surface area contributed by atoms with Crippen LogP contribution in [0.2, 0.25) is 10.0 Å². The molecule has 0 saturated carbocycles. The standard InChI is InChI=1S/C27H23Cl2N3O5S2/c1-17-7-8-18(2)25(15-17)32-39(36,37)26-16-19(9-14-23(26)29)27(33)30-20-10-12-21(13-11-20)38(34,35)31-24-6-4-3-5-22(24)28/h3-16,31-32H,1-2H3,(H,30,33). The van der Waals surface area contributed by atoms with Crippen LogP contribution in [-0.4, -0.2) is 22.7 Å². The number of sulfonamides is 2. The van der Waals surface area contributed by atoms with Crippen molar-refractivity contribution in [1.29, 1.82) is 0 Å². The van der Waals surface area contributed by atoms with Crippen molar-refractivity contribution in [3.63, 3.8) is 0 Å². The largest absolute Gasteiger partial charge is 0.322 e. The summed E-state index contributed by atoms with van der Waals surface area (Å²) in [6.07, 6.45) is 0. The van der Waals surface area contributed by atoms with Gasteiger partial charge in [-0.15, -0.1) is 0 Å². The Kier molecular flexibility index (Phi) is 8.22. The van der Waals surface area contributed by atoms with Gasteiger partial charge in [0.1, 0.15) is 4.90 Å². The molecule has 0 saturated heterocycles. The summed E-state index contributed by atoms with van der Waals surface area (Å²) in [7, 11) is -8.04. The van der Waals surface area contributed by atoms with Crippen LogP contribution in [0.1, 0.15) is 21.5 Å². The van der Waals surface area contributed by atoms with Crippen molar-refractivity contribution in [1.82, 2.24) is 0 Å². The molecule has 0 atom stereocenters. The maximum atomic E-state index is 13.1. The number of aryl methyl sites for hydroxylation is 2. The van der Waals surface area contributed by atoms with Gasteiger partial charge in [0.15, 0.2) is 0 Å². The van der Waals surface area contributed by atoms with Crippen molar-refractivity contribution in [2.75, 3.05) is 14.8 Å². The summed E-state index contributed by atoms with van der Waals surface area (Å²) >= 11 is 12.2. The number of hydrogen-bond acceptors (Lipinski definition) is 5. The van der Waals surface area contributed by atoms with Crippen LogP contribution in [0.25, 0.3) is 0 Å². The average molecular weight is 605 g/mol. The molecule has 0 bridgehead atoms. The molecule has 3 N–H and O–H groups in total. The quantitative estimate of drug-likeness (QED) is 0.213.